The van der Waals surface area contributed by atoms with E-state index in [4.69, 9.17) is 0 Å². The van der Waals surface area contributed by atoms with Crippen molar-refractivity contribution < 1.29 is 9.90 Å². The number of rotatable bonds is 5. The van der Waals surface area contributed by atoms with E-state index in [1.165, 1.54) is 17.7 Å². The topological polar surface area (TPSA) is 66.6 Å². The van der Waals surface area contributed by atoms with Gasteiger partial charge in [0.1, 0.15) is 5.75 Å². The number of hydrogen-bond acceptors (Lipinski definition) is 3. The Balaban J connectivity index is 1.78. The number of aromatic hydroxyl groups is 1. The number of amides is 1. The molecule has 0 spiro atoms. The molecule has 0 aliphatic carbocycles. The van der Waals surface area contributed by atoms with E-state index in [9.17, 15) is 9.90 Å². The van der Waals surface area contributed by atoms with Gasteiger partial charge in [0.15, 0.2) is 0 Å². The van der Waals surface area contributed by atoms with E-state index in [0.29, 0.717) is 14.5 Å². The van der Waals surface area contributed by atoms with Crippen LogP contribution in [0.1, 0.15) is 39.8 Å². The second kappa shape index (κ2) is 8.97. The Morgan fingerprint density at radius 2 is 1.76 bits per heavy atom. The van der Waals surface area contributed by atoms with E-state index in [0.717, 1.165) is 29.1 Å². The first-order valence-electron chi connectivity index (χ1n) is 9.11. The van der Waals surface area contributed by atoms with Crippen molar-refractivity contribution in [3.8, 4) is 11.4 Å². The smallest absolute Gasteiger partial charge is 0.271 e. The highest BCUT2D eigenvalue weighted by atomic mass is 79.9. The molecule has 0 aliphatic rings. The number of halogens is 2. The first kappa shape index (κ1) is 21.3. The van der Waals surface area contributed by atoms with E-state index in [1.54, 1.807) is 6.21 Å². The summed E-state index contributed by atoms with van der Waals surface area (Å²) in [5, 5.41) is 13.9. The van der Waals surface area contributed by atoms with Gasteiger partial charge in [-0.15, -0.1) is 0 Å². The van der Waals surface area contributed by atoms with Gasteiger partial charge in [-0.1, -0.05) is 19.1 Å². The fourth-order valence-electron chi connectivity index (χ4n) is 3.12. The summed E-state index contributed by atoms with van der Waals surface area (Å²) in [4.78, 5) is 12.3. The van der Waals surface area contributed by atoms with Crippen LogP contribution in [0.25, 0.3) is 5.69 Å². The summed E-state index contributed by atoms with van der Waals surface area (Å²) >= 11 is 6.44. The zero-order valence-electron chi connectivity index (χ0n) is 16.3. The minimum atomic E-state index is -0.369. The van der Waals surface area contributed by atoms with Crippen molar-refractivity contribution in [1.82, 2.24) is 9.99 Å². The predicted molar refractivity (Wildman–Crippen MR) is 123 cm³/mol. The molecule has 0 saturated heterocycles. The van der Waals surface area contributed by atoms with Gasteiger partial charge >= 0.3 is 0 Å². The molecule has 0 atom stereocenters. The van der Waals surface area contributed by atoms with Crippen molar-refractivity contribution in [2.75, 3.05) is 0 Å². The van der Waals surface area contributed by atoms with Gasteiger partial charge < -0.3 is 9.67 Å². The van der Waals surface area contributed by atoms with Crippen molar-refractivity contribution in [3.05, 3.63) is 79.5 Å². The van der Waals surface area contributed by atoms with E-state index in [1.807, 2.05) is 19.9 Å². The second-order valence-corrected chi connectivity index (χ2v) is 8.38. The number of benzene rings is 2. The van der Waals surface area contributed by atoms with Gasteiger partial charge in [0.25, 0.3) is 5.91 Å². The van der Waals surface area contributed by atoms with E-state index in [2.05, 4.69) is 78.1 Å². The second-order valence-electron chi connectivity index (χ2n) is 6.67. The molecule has 0 unspecified atom stereocenters. The van der Waals surface area contributed by atoms with Crippen LogP contribution in [0.4, 0.5) is 0 Å². The standard InChI is InChI=1S/C22H21Br2N3O2/c1-4-15-5-7-18(8-6-15)27-13(2)9-17(14(27)3)12-25-26-22(29)16-10-19(23)21(28)20(24)11-16/h5-12,28H,4H2,1-3H3,(H,26,29)/b25-12-. The number of aromatic nitrogens is 1. The molecule has 0 radical (unpaired) electrons. The third kappa shape index (κ3) is 4.62. The van der Waals surface area contributed by atoms with Crippen molar-refractivity contribution in [2.45, 2.75) is 27.2 Å². The number of aryl methyl sites for hydroxylation is 2. The summed E-state index contributed by atoms with van der Waals surface area (Å²) in [6, 6.07) is 13.6. The summed E-state index contributed by atoms with van der Waals surface area (Å²) in [6.45, 7) is 6.21. The monoisotopic (exact) mass is 517 g/mol. The van der Waals surface area contributed by atoms with Crippen molar-refractivity contribution in [2.24, 2.45) is 5.10 Å². The molecule has 3 rings (SSSR count). The lowest BCUT2D eigenvalue weighted by Gasteiger charge is -2.10. The summed E-state index contributed by atoms with van der Waals surface area (Å²) in [5.74, 6) is -0.323. The van der Waals surface area contributed by atoms with Crippen LogP contribution < -0.4 is 5.43 Å². The van der Waals surface area contributed by atoms with Crippen LogP contribution in [-0.4, -0.2) is 21.8 Å². The van der Waals surface area contributed by atoms with Gasteiger partial charge in [0, 0.05) is 28.2 Å². The van der Waals surface area contributed by atoms with Gasteiger partial charge in [-0.2, -0.15) is 5.10 Å². The van der Waals surface area contributed by atoms with Gasteiger partial charge in [-0.05, 0) is 88.0 Å². The molecular weight excluding hydrogens is 498 g/mol. The number of nitrogens with zero attached hydrogens (tertiary/aromatic N) is 2. The molecular formula is C22H21Br2N3O2. The molecule has 1 aromatic heterocycles. The highest BCUT2D eigenvalue weighted by Gasteiger charge is 2.12. The Labute approximate surface area is 186 Å². The zero-order valence-corrected chi connectivity index (χ0v) is 19.5. The number of phenolic OH excluding ortho intramolecular Hbond substituents is 1. The van der Waals surface area contributed by atoms with Crippen molar-refractivity contribution >= 4 is 44.0 Å². The summed E-state index contributed by atoms with van der Waals surface area (Å²) < 4.78 is 3.02. The molecule has 1 heterocycles. The average Bonchev–Trinajstić information content (AvgIpc) is 2.99. The Bertz CT molecular complexity index is 1060. The molecule has 7 heteroatoms. The Kier molecular flexibility index (Phi) is 6.59. The van der Waals surface area contributed by atoms with E-state index in [-0.39, 0.29) is 11.7 Å². The predicted octanol–water partition coefficient (Wildman–Crippen LogP) is 5.65. The van der Waals surface area contributed by atoms with Crippen molar-refractivity contribution in [3.63, 3.8) is 0 Å². The summed E-state index contributed by atoms with van der Waals surface area (Å²) in [7, 11) is 0. The third-order valence-corrected chi connectivity index (χ3v) is 5.93. The SMILES string of the molecule is CCc1ccc(-n2c(C)cc(/C=N\NC(=O)c3cc(Br)c(O)c(Br)c3)c2C)cc1. The number of hydrogen-bond donors (Lipinski definition) is 2. The highest BCUT2D eigenvalue weighted by Crippen LogP contribution is 2.33. The van der Waals surface area contributed by atoms with E-state index < -0.39 is 0 Å². The summed E-state index contributed by atoms with van der Waals surface area (Å²) in [6.07, 6.45) is 2.65. The van der Waals surface area contributed by atoms with Crippen molar-refractivity contribution in [1.29, 1.82) is 0 Å². The number of carbonyl (C=O) groups is 1. The van der Waals surface area contributed by atoms with E-state index >= 15 is 0 Å². The van der Waals surface area contributed by atoms with Gasteiger partial charge in [-0.25, -0.2) is 5.43 Å². The number of nitrogens with one attached hydrogen (secondary N) is 1. The minimum Gasteiger partial charge on any atom is -0.506 e. The molecule has 150 valence electrons. The molecule has 0 saturated carbocycles. The number of phenols is 1. The molecule has 29 heavy (non-hydrogen) atoms. The number of hydrazone groups is 1. The van der Waals surface area contributed by atoms with Gasteiger partial charge in [0.2, 0.25) is 0 Å². The molecule has 0 fully saturated rings. The number of carbonyl (C=O) groups excluding carboxylic acids is 1. The van der Waals surface area contributed by atoms with Crippen LogP contribution in [0.5, 0.6) is 5.75 Å². The lowest BCUT2D eigenvalue weighted by molar-refractivity contribution is 0.0955. The molecule has 1 amide bonds. The molecule has 2 N–H and O–H groups in total. The first-order chi connectivity index (χ1) is 13.8. The van der Waals surface area contributed by atoms with Crippen LogP contribution in [0.2, 0.25) is 0 Å². The molecule has 2 aromatic carbocycles. The molecule has 0 aliphatic heterocycles. The largest absolute Gasteiger partial charge is 0.506 e. The lowest BCUT2D eigenvalue weighted by Crippen LogP contribution is -2.17. The first-order valence-corrected chi connectivity index (χ1v) is 10.7. The average molecular weight is 519 g/mol. The molecule has 5 nitrogen and oxygen atoms in total. The maximum absolute atomic E-state index is 12.3. The normalized spacial score (nSPS) is 11.2. The van der Waals surface area contributed by atoms with Crippen LogP contribution >= 0.6 is 31.9 Å². The van der Waals surface area contributed by atoms with Crippen LogP contribution in [0, 0.1) is 13.8 Å². The van der Waals surface area contributed by atoms with Crippen LogP contribution in [-0.2, 0) is 6.42 Å². The minimum absolute atomic E-state index is 0.0458. The zero-order chi connectivity index (χ0) is 21.1. The molecule has 3 aromatic rings. The maximum Gasteiger partial charge on any atom is 0.271 e. The fraction of sp³-hybridized carbons (Fsp3) is 0.182. The Morgan fingerprint density at radius 3 is 2.34 bits per heavy atom. The van der Waals surface area contributed by atoms with Crippen LogP contribution in [0.15, 0.2) is 56.5 Å². The maximum atomic E-state index is 12.3. The van der Waals surface area contributed by atoms with Crippen LogP contribution in [0.3, 0.4) is 0 Å². The fourth-order valence-corrected chi connectivity index (χ4v) is 4.30. The lowest BCUT2D eigenvalue weighted by atomic mass is 10.1. The Hall–Kier alpha value is -2.38. The quantitative estimate of drug-likeness (QED) is 0.338. The molecule has 0 bridgehead atoms. The Morgan fingerprint density at radius 1 is 1.14 bits per heavy atom. The van der Waals surface area contributed by atoms with Gasteiger partial charge in [0.05, 0.1) is 15.2 Å². The van der Waals surface area contributed by atoms with Gasteiger partial charge in [-0.3, -0.25) is 4.79 Å². The third-order valence-electron chi connectivity index (χ3n) is 4.72. The highest BCUT2D eigenvalue weighted by molar-refractivity contribution is 9.11. The summed E-state index contributed by atoms with van der Waals surface area (Å²) in [5.41, 5.74) is 8.36.